The number of phenols is 1. The number of anilines is 2. The number of benzene rings is 2. The fraction of sp³-hybridized carbons (Fsp3) is 0.532. The van der Waals surface area contributed by atoms with Crippen LogP contribution in [0.5, 0.6) is 5.75 Å². The average molecular weight is 1100 g/mol. The highest BCUT2D eigenvalue weighted by atomic mass is 16.5. The summed E-state index contributed by atoms with van der Waals surface area (Å²) in [6.45, 7) is 17.4. The molecular weight excluding hydrogens is 1020 g/mol. The van der Waals surface area contributed by atoms with Crippen LogP contribution in [-0.4, -0.2) is 154 Å². The summed E-state index contributed by atoms with van der Waals surface area (Å²) in [6, 6.07) is 18.4. The van der Waals surface area contributed by atoms with Crippen LogP contribution >= 0.6 is 0 Å². The smallest absolute Gasteiger partial charge is 0.243 e. The standard InChI is InChI=1S/C62H79N13O6/c1-39(2)59(62(79)74-38-50(76)33-55(74)61(78)66-40(3)45-12-14-48(15-13-45)73-29-22-64-42(73)5)57-34-58(69-81-57)72-25-16-43(17-26-72)36-70-23-20-51(21-24-70)80-52-31-49(32-52)71-27-18-46(19-28-71)41(4)75-37-44(35-65-75)10-11-47-30-54(67-68-60(47)63)53-8-6-7-9-56(53)77/h6-9,12-15,22,29-30,34-35,37,39-41,43,46,49-52,55,59,76-77H,16-21,23-28,31-33,36,38H2,1-5H3,(H2,63,68)(H,66,78)/t40-,41?,49-,50+,52-,55-,59-/m0/s1. The molecule has 5 fully saturated rings. The van der Waals surface area contributed by atoms with Crippen molar-refractivity contribution < 1.29 is 29.1 Å². The number of nitrogens with two attached hydrogens (primary N) is 1. The summed E-state index contributed by atoms with van der Waals surface area (Å²) in [5.74, 6) is 8.67. The number of nitrogens with one attached hydrogen (secondary N) is 1. The highest BCUT2D eigenvalue weighted by Gasteiger charge is 2.44. The number of imidazole rings is 1. The number of aromatic nitrogens is 7. The van der Waals surface area contributed by atoms with Gasteiger partial charge in [-0.05, 0) is 139 Å². The van der Waals surface area contributed by atoms with E-state index in [2.05, 4.69) is 63.8 Å². The number of aromatic hydroxyl groups is 1. The Morgan fingerprint density at radius 2 is 1.64 bits per heavy atom. The van der Waals surface area contributed by atoms with Crippen LogP contribution in [0.4, 0.5) is 11.6 Å². The predicted molar refractivity (Wildman–Crippen MR) is 308 cm³/mol. The van der Waals surface area contributed by atoms with E-state index in [9.17, 15) is 19.8 Å². The lowest BCUT2D eigenvalue weighted by Crippen LogP contribution is -2.52. The Kier molecular flexibility index (Phi) is 16.9. The third-order valence-corrected chi connectivity index (χ3v) is 18.1. The number of rotatable bonds is 16. The van der Waals surface area contributed by atoms with Crippen molar-refractivity contribution in [1.29, 1.82) is 0 Å². The summed E-state index contributed by atoms with van der Waals surface area (Å²) in [6.07, 6.45) is 16.4. The molecule has 4 aromatic heterocycles. The predicted octanol–water partition coefficient (Wildman–Crippen LogP) is 7.29. The van der Waals surface area contributed by atoms with Crippen molar-refractivity contribution in [1.82, 2.24) is 54.7 Å². The summed E-state index contributed by atoms with van der Waals surface area (Å²) in [5, 5.41) is 41.6. The van der Waals surface area contributed by atoms with E-state index in [0.717, 1.165) is 126 Å². The van der Waals surface area contributed by atoms with Crippen molar-refractivity contribution in [3.05, 3.63) is 114 Å². The van der Waals surface area contributed by atoms with E-state index in [4.69, 9.17) is 20.1 Å². The van der Waals surface area contributed by atoms with Gasteiger partial charge in [0, 0.05) is 87.6 Å². The average Bonchev–Trinajstić information content (AvgIpc) is 4.31. The molecule has 2 amide bonds. The number of aliphatic hydroxyl groups is 1. The van der Waals surface area contributed by atoms with Crippen molar-refractivity contribution in [2.75, 3.05) is 63.0 Å². The maximum absolute atomic E-state index is 14.4. The van der Waals surface area contributed by atoms with Crippen LogP contribution in [-0.2, 0) is 14.3 Å². The van der Waals surface area contributed by atoms with E-state index in [1.807, 2.05) is 81.1 Å². The minimum Gasteiger partial charge on any atom is -0.507 e. The monoisotopic (exact) mass is 1100 g/mol. The lowest BCUT2D eigenvalue weighted by atomic mass is 9.83. The first-order valence-corrected chi connectivity index (χ1v) is 29.4. The number of phenolic OH excluding ortho intramolecular Hbond substituents is 1. The van der Waals surface area contributed by atoms with Crippen LogP contribution in [0, 0.1) is 36.5 Å². The van der Waals surface area contributed by atoms with Gasteiger partial charge in [0.25, 0.3) is 0 Å². The van der Waals surface area contributed by atoms with Crippen molar-refractivity contribution in [3.63, 3.8) is 0 Å². The van der Waals surface area contributed by atoms with Gasteiger partial charge in [0.05, 0.1) is 53.4 Å². The summed E-state index contributed by atoms with van der Waals surface area (Å²) in [5.41, 5.74) is 10.5. The minimum absolute atomic E-state index is 0.0856. The first-order chi connectivity index (χ1) is 39.2. The number of aryl methyl sites for hydroxylation is 1. The van der Waals surface area contributed by atoms with E-state index >= 15 is 0 Å². The lowest BCUT2D eigenvalue weighted by Gasteiger charge is -2.47. The van der Waals surface area contributed by atoms with Crippen LogP contribution in [0.15, 0.2) is 90.0 Å². The number of nitrogen functional groups attached to an aromatic ring is 1. The van der Waals surface area contributed by atoms with Gasteiger partial charge in [-0.3, -0.25) is 14.3 Å². The van der Waals surface area contributed by atoms with E-state index < -0.39 is 18.1 Å². The summed E-state index contributed by atoms with van der Waals surface area (Å²) < 4.78 is 16.7. The van der Waals surface area contributed by atoms with Crippen LogP contribution in [0.3, 0.4) is 0 Å². The molecule has 8 heterocycles. The topological polar surface area (TPSA) is 222 Å². The largest absolute Gasteiger partial charge is 0.507 e. The van der Waals surface area contributed by atoms with Gasteiger partial charge < -0.3 is 54.7 Å². The first-order valence-electron chi connectivity index (χ1n) is 29.4. The van der Waals surface area contributed by atoms with Crippen molar-refractivity contribution in [2.45, 2.75) is 141 Å². The molecule has 81 heavy (non-hydrogen) atoms. The number of likely N-dealkylation sites (tertiary alicyclic amines) is 3. The van der Waals surface area contributed by atoms with E-state index in [-0.39, 0.29) is 54.3 Å². The van der Waals surface area contributed by atoms with Gasteiger partial charge >= 0.3 is 0 Å². The maximum Gasteiger partial charge on any atom is 0.243 e. The number of carbonyl (C=O) groups excluding carboxylic acids is 2. The number of carbonyl (C=O) groups is 2. The second-order valence-electron chi connectivity index (χ2n) is 23.8. The molecule has 0 spiro atoms. The highest BCUT2D eigenvalue weighted by Crippen LogP contribution is 2.38. The number of para-hydroxylation sites is 1. The molecule has 0 bridgehead atoms. The molecule has 5 N–H and O–H groups in total. The second kappa shape index (κ2) is 24.5. The zero-order chi connectivity index (χ0) is 56.3. The van der Waals surface area contributed by atoms with Gasteiger partial charge in [0.2, 0.25) is 11.8 Å². The van der Waals surface area contributed by atoms with Gasteiger partial charge in [-0.2, -0.15) is 5.10 Å². The van der Waals surface area contributed by atoms with Gasteiger partial charge in [-0.1, -0.05) is 55.1 Å². The quantitative estimate of drug-likeness (QED) is 0.0699. The lowest BCUT2D eigenvalue weighted by molar-refractivity contribution is -0.141. The number of ether oxygens (including phenoxy) is 1. The highest BCUT2D eigenvalue weighted by molar-refractivity contribution is 5.91. The molecule has 4 aliphatic heterocycles. The van der Waals surface area contributed by atoms with Crippen molar-refractivity contribution in [3.8, 4) is 34.5 Å². The molecule has 5 atom stereocenters. The third-order valence-electron chi connectivity index (χ3n) is 18.1. The molecule has 19 heteroatoms. The molecule has 1 saturated carbocycles. The maximum atomic E-state index is 14.4. The number of nitrogens with zero attached hydrogens (tertiary/aromatic N) is 11. The Morgan fingerprint density at radius 3 is 2.36 bits per heavy atom. The van der Waals surface area contributed by atoms with Crippen LogP contribution in [0.25, 0.3) is 16.9 Å². The van der Waals surface area contributed by atoms with E-state index in [1.54, 1.807) is 36.7 Å². The normalized spacial score (nSPS) is 22.8. The fourth-order valence-corrected chi connectivity index (χ4v) is 13.0. The molecule has 6 aromatic rings. The molecular formula is C62H79N13O6. The number of amides is 2. The zero-order valence-electron chi connectivity index (χ0n) is 47.5. The van der Waals surface area contributed by atoms with Gasteiger partial charge in [0.15, 0.2) is 17.4 Å². The third kappa shape index (κ3) is 12.7. The molecule has 2 aromatic carbocycles. The fourth-order valence-electron chi connectivity index (χ4n) is 13.0. The molecule has 428 valence electrons. The Bertz CT molecular complexity index is 3170. The van der Waals surface area contributed by atoms with Crippen molar-refractivity contribution >= 4 is 23.5 Å². The number of hydrogen-bond acceptors (Lipinski definition) is 15. The summed E-state index contributed by atoms with van der Waals surface area (Å²) in [7, 11) is 0. The molecule has 19 nitrogen and oxygen atoms in total. The first kappa shape index (κ1) is 55.8. The summed E-state index contributed by atoms with van der Waals surface area (Å²) >= 11 is 0. The number of aliphatic hydroxyl groups excluding tert-OH is 1. The number of β-amino-alcohol motifs (C(OH)–C–C–N with tert-alkyl or cyclic N) is 1. The van der Waals surface area contributed by atoms with Crippen molar-refractivity contribution in [2.24, 2.45) is 17.8 Å². The van der Waals surface area contributed by atoms with Crippen LogP contribution in [0.1, 0.15) is 132 Å². The zero-order valence-corrected chi connectivity index (χ0v) is 47.5. The molecule has 1 aliphatic carbocycles. The molecule has 5 aliphatic rings. The Balaban J connectivity index is 0.580. The van der Waals surface area contributed by atoms with E-state index in [0.29, 0.717) is 52.7 Å². The van der Waals surface area contributed by atoms with Gasteiger partial charge in [-0.25, -0.2) is 4.98 Å². The van der Waals surface area contributed by atoms with Gasteiger partial charge in [0.1, 0.15) is 23.5 Å². The summed E-state index contributed by atoms with van der Waals surface area (Å²) in [4.78, 5) is 41.7. The van der Waals surface area contributed by atoms with Crippen LogP contribution in [0.2, 0.25) is 0 Å². The molecule has 1 unspecified atom stereocenters. The Hall–Kier alpha value is -7.11. The van der Waals surface area contributed by atoms with Crippen LogP contribution < -0.4 is 16.0 Å². The Labute approximate surface area is 475 Å². The molecule has 4 saturated heterocycles. The Morgan fingerprint density at radius 1 is 0.889 bits per heavy atom. The molecule has 11 rings (SSSR count). The molecule has 0 radical (unpaired) electrons. The van der Waals surface area contributed by atoms with Gasteiger partial charge in [-0.15, -0.1) is 10.2 Å². The number of piperidine rings is 3. The second-order valence-corrected chi connectivity index (χ2v) is 23.8. The SMILES string of the molecule is Cc1nccn1-c1ccc([C@H](C)NC(=O)[C@@H]2C[C@@H](O)CN2C(=O)[C@H](c2cc(N3CCC(CN4CCC(O[C@H]5C[C@H](N6CCC(C(C)n7cc(C#Cc8cc(-c9ccccc9O)nnc8N)cn7)CC6)C5)CC4)CC3)no2)C(C)C)cc1. The van der Waals surface area contributed by atoms with E-state index in [1.165, 1.54) is 4.90 Å². The minimum atomic E-state index is -0.802. The number of hydrogen-bond donors (Lipinski definition) is 4.